The zero-order valence-corrected chi connectivity index (χ0v) is 15.4. The van der Waals surface area contributed by atoms with Crippen molar-refractivity contribution in [3.05, 3.63) is 82.4 Å². The third-order valence-corrected chi connectivity index (χ3v) is 4.93. The van der Waals surface area contributed by atoms with Gasteiger partial charge in [0.2, 0.25) is 0 Å². The summed E-state index contributed by atoms with van der Waals surface area (Å²) in [5, 5.41) is 4.84. The number of hydrogen-bond donors (Lipinski definition) is 0. The van der Waals surface area contributed by atoms with Crippen molar-refractivity contribution in [2.45, 2.75) is 13.5 Å². The highest BCUT2D eigenvalue weighted by atomic mass is 32.1. The van der Waals surface area contributed by atoms with E-state index >= 15 is 0 Å². The SMILES string of the molecule is Cc1nc(Oc2ccncc2)sc1-n1ncn(Cc2c(F)cccc2F)c1=O. The second kappa shape index (κ2) is 7.31. The lowest BCUT2D eigenvalue weighted by atomic mass is 10.2. The van der Waals surface area contributed by atoms with Crippen LogP contribution in [0.1, 0.15) is 11.3 Å². The van der Waals surface area contributed by atoms with Crippen LogP contribution < -0.4 is 10.4 Å². The van der Waals surface area contributed by atoms with E-state index in [2.05, 4.69) is 15.1 Å². The highest BCUT2D eigenvalue weighted by Gasteiger charge is 2.17. The molecule has 0 unspecified atom stereocenters. The van der Waals surface area contributed by atoms with Crippen molar-refractivity contribution in [2.75, 3.05) is 0 Å². The van der Waals surface area contributed by atoms with Crippen LogP contribution in [0.3, 0.4) is 0 Å². The van der Waals surface area contributed by atoms with Gasteiger partial charge in [-0.25, -0.2) is 18.6 Å². The molecule has 1 aromatic carbocycles. The Labute approximate surface area is 161 Å². The molecule has 0 aliphatic heterocycles. The molecule has 0 saturated carbocycles. The Morgan fingerprint density at radius 1 is 1.14 bits per heavy atom. The van der Waals surface area contributed by atoms with Gasteiger partial charge in [0.15, 0.2) is 0 Å². The van der Waals surface area contributed by atoms with Gasteiger partial charge >= 0.3 is 5.69 Å². The van der Waals surface area contributed by atoms with Crippen molar-refractivity contribution in [2.24, 2.45) is 0 Å². The Balaban J connectivity index is 1.64. The molecule has 0 atom stereocenters. The molecule has 3 aromatic heterocycles. The summed E-state index contributed by atoms with van der Waals surface area (Å²) in [6, 6.07) is 6.92. The fourth-order valence-electron chi connectivity index (χ4n) is 2.55. The predicted molar refractivity (Wildman–Crippen MR) is 98.0 cm³/mol. The molecule has 0 saturated heterocycles. The second-order valence-corrected chi connectivity index (χ2v) is 6.75. The summed E-state index contributed by atoms with van der Waals surface area (Å²) in [7, 11) is 0. The number of hydrogen-bond acceptors (Lipinski definition) is 6. The Bertz CT molecular complexity index is 1170. The number of aromatic nitrogens is 5. The van der Waals surface area contributed by atoms with Crippen LogP contribution in [-0.2, 0) is 6.54 Å². The van der Waals surface area contributed by atoms with E-state index in [4.69, 9.17) is 4.74 Å². The van der Waals surface area contributed by atoms with Crippen molar-refractivity contribution >= 4 is 11.3 Å². The summed E-state index contributed by atoms with van der Waals surface area (Å²) in [6.07, 6.45) is 4.41. The Morgan fingerprint density at radius 2 is 1.86 bits per heavy atom. The average molecular weight is 401 g/mol. The molecule has 0 spiro atoms. The summed E-state index contributed by atoms with van der Waals surface area (Å²) in [4.78, 5) is 20.9. The minimum atomic E-state index is -0.721. The lowest BCUT2D eigenvalue weighted by molar-refractivity contribution is 0.477. The van der Waals surface area contributed by atoms with Crippen LogP contribution in [-0.4, -0.2) is 24.3 Å². The van der Waals surface area contributed by atoms with Crippen LogP contribution >= 0.6 is 11.3 Å². The number of aryl methyl sites for hydroxylation is 1. The zero-order chi connectivity index (χ0) is 19.7. The number of rotatable bonds is 5. The first-order valence-electron chi connectivity index (χ1n) is 8.16. The Kier molecular flexibility index (Phi) is 4.70. The Hall–Kier alpha value is -3.40. The fourth-order valence-corrected chi connectivity index (χ4v) is 3.44. The molecule has 4 aromatic rings. The van der Waals surface area contributed by atoms with Crippen LogP contribution in [0.2, 0.25) is 0 Å². The third kappa shape index (κ3) is 3.41. The molecule has 0 fully saturated rings. The average Bonchev–Trinajstić information content (AvgIpc) is 3.21. The van der Waals surface area contributed by atoms with Gasteiger partial charge in [0, 0.05) is 18.0 Å². The van der Waals surface area contributed by atoms with Gasteiger partial charge in [-0.1, -0.05) is 17.4 Å². The van der Waals surface area contributed by atoms with E-state index in [-0.39, 0.29) is 12.1 Å². The molecule has 0 bridgehead atoms. The monoisotopic (exact) mass is 401 g/mol. The van der Waals surface area contributed by atoms with Crippen molar-refractivity contribution in [1.29, 1.82) is 0 Å². The van der Waals surface area contributed by atoms with E-state index in [0.29, 0.717) is 21.6 Å². The highest BCUT2D eigenvalue weighted by Crippen LogP contribution is 2.30. The van der Waals surface area contributed by atoms with Crippen LogP contribution in [0.5, 0.6) is 10.9 Å². The summed E-state index contributed by atoms with van der Waals surface area (Å²) >= 11 is 1.13. The lowest BCUT2D eigenvalue weighted by Gasteiger charge is -2.04. The summed E-state index contributed by atoms with van der Waals surface area (Å²) in [6.45, 7) is 1.45. The smallest absolute Gasteiger partial charge is 0.351 e. The van der Waals surface area contributed by atoms with Crippen molar-refractivity contribution in [3.8, 4) is 15.9 Å². The van der Waals surface area contributed by atoms with Gasteiger partial charge in [0.05, 0.1) is 12.2 Å². The van der Waals surface area contributed by atoms with Crippen molar-refractivity contribution in [3.63, 3.8) is 0 Å². The van der Waals surface area contributed by atoms with Crippen LogP contribution in [0.15, 0.2) is 53.8 Å². The largest absolute Gasteiger partial charge is 0.431 e. The molecule has 28 heavy (non-hydrogen) atoms. The van der Waals surface area contributed by atoms with E-state index in [1.807, 2.05) is 0 Å². The first kappa shape index (κ1) is 18.0. The fraction of sp³-hybridized carbons (Fsp3) is 0.111. The lowest BCUT2D eigenvalue weighted by Crippen LogP contribution is -2.24. The molecule has 7 nitrogen and oxygen atoms in total. The molecule has 0 amide bonds. The first-order chi connectivity index (χ1) is 13.5. The maximum Gasteiger partial charge on any atom is 0.351 e. The van der Waals surface area contributed by atoms with Gasteiger partial charge < -0.3 is 4.74 Å². The maximum absolute atomic E-state index is 13.9. The van der Waals surface area contributed by atoms with Gasteiger partial charge in [0.25, 0.3) is 5.19 Å². The molecule has 142 valence electrons. The van der Waals surface area contributed by atoms with E-state index in [1.165, 1.54) is 12.4 Å². The number of pyridine rings is 1. The second-order valence-electron chi connectivity index (χ2n) is 5.81. The highest BCUT2D eigenvalue weighted by molar-refractivity contribution is 7.16. The number of thiazole rings is 1. The van der Waals surface area contributed by atoms with Crippen molar-refractivity contribution < 1.29 is 13.5 Å². The Morgan fingerprint density at radius 3 is 2.57 bits per heavy atom. The van der Waals surface area contributed by atoms with Gasteiger partial charge in [0.1, 0.15) is 28.7 Å². The van der Waals surface area contributed by atoms with Crippen LogP contribution in [0.4, 0.5) is 8.78 Å². The third-order valence-electron chi connectivity index (χ3n) is 3.92. The zero-order valence-electron chi connectivity index (χ0n) is 14.5. The van der Waals surface area contributed by atoms with E-state index in [0.717, 1.165) is 32.7 Å². The predicted octanol–water partition coefficient (Wildman–Crippen LogP) is 3.31. The van der Waals surface area contributed by atoms with Crippen molar-refractivity contribution in [1.82, 2.24) is 24.3 Å². The van der Waals surface area contributed by atoms with E-state index < -0.39 is 17.3 Å². The number of benzene rings is 1. The van der Waals surface area contributed by atoms with E-state index in [9.17, 15) is 13.6 Å². The minimum Gasteiger partial charge on any atom is -0.431 e. The van der Waals surface area contributed by atoms with Gasteiger partial charge in [-0.05, 0) is 31.2 Å². The maximum atomic E-state index is 13.9. The van der Waals surface area contributed by atoms with Crippen LogP contribution in [0, 0.1) is 18.6 Å². The topological polar surface area (TPSA) is 74.8 Å². The molecule has 0 N–H and O–H groups in total. The first-order valence-corrected chi connectivity index (χ1v) is 8.97. The molecule has 4 rings (SSSR count). The molecule has 0 aliphatic rings. The summed E-state index contributed by atoms with van der Waals surface area (Å²) < 4.78 is 35.6. The molecular weight excluding hydrogens is 388 g/mol. The molecule has 10 heteroatoms. The van der Waals surface area contributed by atoms with Gasteiger partial charge in [-0.2, -0.15) is 9.78 Å². The number of ether oxygens (including phenoxy) is 1. The molecule has 0 aliphatic carbocycles. The molecule has 0 radical (unpaired) electrons. The standard InChI is InChI=1S/C18H13F2N5O2S/c1-11-16(28-17(23-11)27-12-5-7-21-8-6-12)25-18(26)24(10-22-25)9-13-14(19)3-2-4-15(13)20/h2-8,10H,9H2,1H3. The number of nitrogens with zero attached hydrogens (tertiary/aromatic N) is 5. The van der Waals surface area contributed by atoms with Gasteiger partial charge in [-0.3, -0.25) is 9.55 Å². The quantitative estimate of drug-likeness (QED) is 0.513. The summed E-state index contributed by atoms with van der Waals surface area (Å²) in [5.41, 5.74) is -0.199. The van der Waals surface area contributed by atoms with E-state index in [1.54, 1.807) is 31.5 Å². The van der Waals surface area contributed by atoms with Gasteiger partial charge in [-0.15, -0.1) is 0 Å². The van der Waals surface area contributed by atoms with Crippen LogP contribution in [0.25, 0.3) is 5.00 Å². The minimum absolute atomic E-state index is 0.202. The molecular formula is C18H13F2N5O2S. The molecule has 3 heterocycles. The normalized spacial score (nSPS) is 11.0. The number of halogens is 2. The summed E-state index contributed by atoms with van der Waals surface area (Å²) in [5.74, 6) is -0.883.